The van der Waals surface area contributed by atoms with E-state index in [1.807, 2.05) is 7.05 Å². The highest BCUT2D eigenvalue weighted by atomic mass is 16.1. The van der Waals surface area contributed by atoms with Gasteiger partial charge in [0, 0.05) is 32.0 Å². The first-order valence-corrected chi connectivity index (χ1v) is 6.97. The zero-order valence-corrected chi connectivity index (χ0v) is 11.6. The van der Waals surface area contributed by atoms with Crippen LogP contribution < -0.4 is 11.1 Å². The van der Waals surface area contributed by atoms with Crippen molar-refractivity contribution in [3.63, 3.8) is 0 Å². The predicted octanol–water partition coefficient (Wildman–Crippen LogP) is 0.526. The maximum Gasteiger partial charge on any atom is 0.221 e. The van der Waals surface area contributed by atoms with Gasteiger partial charge in [-0.25, -0.2) is 4.98 Å². The van der Waals surface area contributed by atoms with Crippen molar-refractivity contribution in [2.24, 2.45) is 12.8 Å². The second-order valence-electron chi connectivity index (χ2n) is 5.53. The van der Waals surface area contributed by atoms with Gasteiger partial charge in [0.05, 0.1) is 0 Å². The van der Waals surface area contributed by atoms with Gasteiger partial charge in [0.25, 0.3) is 0 Å². The van der Waals surface area contributed by atoms with Crippen LogP contribution in [0, 0.1) is 0 Å². The molecule has 0 aliphatic heterocycles. The third-order valence-corrected chi connectivity index (χ3v) is 3.68. The number of carbonyl (C=O) groups is 1. The summed E-state index contributed by atoms with van der Waals surface area (Å²) in [5.41, 5.74) is 5.97. The fourth-order valence-corrected chi connectivity index (χ4v) is 2.63. The number of hydrogen-bond donors (Lipinski definition) is 2. The van der Waals surface area contributed by atoms with Crippen LogP contribution in [0.15, 0.2) is 6.33 Å². The molecule has 106 valence electrons. The molecule has 1 saturated carbocycles. The molecule has 19 heavy (non-hydrogen) atoms. The largest absolute Gasteiger partial charge is 0.356 e. The second kappa shape index (κ2) is 6.14. The lowest BCUT2D eigenvalue weighted by atomic mass is 9.80. The van der Waals surface area contributed by atoms with E-state index in [9.17, 15) is 4.79 Å². The van der Waals surface area contributed by atoms with Gasteiger partial charge in [-0.05, 0) is 12.8 Å². The summed E-state index contributed by atoms with van der Waals surface area (Å²) in [6.07, 6.45) is 8.19. The van der Waals surface area contributed by atoms with Crippen LogP contribution in [0.1, 0.15) is 44.3 Å². The number of hydrogen-bond acceptors (Lipinski definition) is 4. The molecular formula is C13H23N5O. The van der Waals surface area contributed by atoms with Gasteiger partial charge in [-0.3, -0.25) is 9.48 Å². The summed E-state index contributed by atoms with van der Waals surface area (Å²) in [7, 11) is 1.83. The second-order valence-corrected chi connectivity index (χ2v) is 5.53. The molecule has 0 unspecified atom stereocenters. The Bertz CT molecular complexity index is 422. The van der Waals surface area contributed by atoms with Gasteiger partial charge in [-0.15, -0.1) is 0 Å². The molecule has 0 spiro atoms. The summed E-state index contributed by atoms with van der Waals surface area (Å²) in [5, 5.41) is 7.07. The topological polar surface area (TPSA) is 85.8 Å². The van der Waals surface area contributed by atoms with Gasteiger partial charge < -0.3 is 11.1 Å². The van der Waals surface area contributed by atoms with E-state index in [0.29, 0.717) is 19.4 Å². The van der Waals surface area contributed by atoms with E-state index in [4.69, 9.17) is 5.73 Å². The summed E-state index contributed by atoms with van der Waals surface area (Å²) < 4.78 is 1.66. The molecule has 1 amide bonds. The minimum atomic E-state index is -0.286. The SMILES string of the molecule is Cn1cnc(CCNC(=O)CC2(N)CCCCC2)n1. The molecule has 1 aliphatic carbocycles. The zero-order valence-electron chi connectivity index (χ0n) is 11.6. The fourth-order valence-electron chi connectivity index (χ4n) is 2.63. The number of amides is 1. The summed E-state index contributed by atoms with van der Waals surface area (Å²) in [5.74, 6) is 0.795. The molecule has 1 aromatic rings. The highest BCUT2D eigenvalue weighted by Crippen LogP contribution is 2.28. The smallest absolute Gasteiger partial charge is 0.221 e. The molecule has 6 nitrogen and oxygen atoms in total. The molecule has 1 fully saturated rings. The van der Waals surface area contributed by atoms with Gasteiger partial charge in [-0.1, -0.05) is 19.3 Å². The van der Waals surface area contributed by atoms with Crippen LogP contribution in [0.3, 0.4) is 0 Å². The van der Waals surface area contributed by atoms with Gasteiger partial charge in [0.2, 0.25) is 5.91 Å². The van der Waals surface area contributed by atoms with Crippen LogP contribution in [0.2, 0.25) is 0 Å². The van der Waals surface area contributed by atoms with Crippen LogP contribution >= 0.6 is 0 Å². The van der Waals surface area contributed by atoms with Gasteiger partial charge in [-0.2, -0.15) is 5.10 Å². The molecule has 0 aromatic carbocycles. The maximum atomic E-state index is 11.9. The van der Waals surface area contributed by atoms with Gasteiger partial charge in [0.1, 0.15) is 6.33 Å². The lowest BCUT2D eigenvalue weighted by Crippen LogP contribution is -2.46. The highest BCUT2D eigenvalue weighted by molar-refractivity contribution is 5.77. The standard InChI is InChI=1S/C13H23N5O/c1-18-10-16-11(17-18)5-8-15-12(19)9-13(14)6-3-2-4-7-13/h10H,2-9,14H2,1H3,(H,15,19). The molecule has 1 aromatic heterocycles. The van der Waals surface area contributed by atoms with Crippen molar-refractivity contribution in [3.05, 3.63) is 12.2 Å². The zero-order chi connectivity index (χ0) is 13.7. The van der Waals surface area contributed by atoms with E-state index in [1.165, 1.54) is 6.42 Å². The number of nitrogens with two attached hydrogens (primary N) is 1. The summed E-state index contributed by atoms with van der Waals surface area (Å²) in [6, 6.07) is 0. The number of nitrogens with zero attached hydrogens (tertiary/aromatic N) is 3. The lowest BCUT2D eigenvalue weighted by Gasteiger charge is -2.32. The first-order valence-electron chi connectivity index (χ1n) is 6.97. The molecule has 0 bridgehead atoms. The van der Waals surface area contributed by atoms with E-state index in [-0.39, 0.29) is 11.4 Å². The Morgan fingerprint density at radius 1 is 1.47 bits per heavy atom. The molecular weight excluding hydrogens is 242 g/mol. The Morgan fingerprint density at radius 2 is 2.21 bits per heavy atom. The molecule has 0 atom stereocenters. The van der Waals surface area contributed by atoms with Gasteiger partial charge in [0.15, 0.2) is 5.82 Å². The first-order chi connectivity index (χ1) is 9.07. The van der Waals surface area contributed by atoms with E-state index in [2.05, 4.69) is 15.4 Å². The molecule has 1 aliphatic rings. The van der Waals surface area contributed by atoms with Crippen molar-refractivity contribution in [2.75, 3.05) is 6.54 Å². The summed E-state index contributed by atoms with van der Waals surface area (Å²) in [4.78, 5) is 16.0. The normalized spacial score (nSPS) is 18.2. The minimum Gasteiger partial charge on any atom is -0.356 e. The Labute approximate surface area is 113 Å². The Balaban J connectivity index is 1.69. The number of aryl methyl sites for hydroxylation is 1. The number of aromatic nitrogens is 3. The average Bonchev–Trinajstić information content (AvgIpc) is 2.75. The molecule has 1 heterocycles. The molecule has 3 N–H and O–H groups in total. The molecule has 0 radical (unpaired) electrons. The Hall–Kier alpha value is -1.43. The van der Waals surface area contributed by atoms with Crippen LogP contribution in [0.5, 0.6) is 0 Å². The predicted molar refractivity (Wildman–Crippen MR) is 72.3 cm³/mol. The summed E-state index contributed by atoms with van der Waals surface area (Å²) >= 11 is 0. The lowest BCUT2D eigenvalue weighted by molar-refractivity contribution is -0.122. The van der Waals surface area contributed by atoms with Crippen LogP contribution in [-0.2, 0) is 18.3 Å². The Morgan fingerprint density at radius 3 is 2.84 bits per heavy atom. The fraction of sp³-hybridized carbons (Fsp3) is 0.769. The van der Waals surface area contributed by atoms with E-state index >= 15 is 0 Å². The molecule has 6 heteroatoms. The maximum absolute atomic E-state index is 11.9. The van der Waals surface area contributed by atoms with E-state index in [1.54, 1.807) is 11.0 Å². The molecule has 2 rings (SSSR count). The van der Waals surface area contributed by atoms with E-state index < -0.39 is 0 Å². The van der Waals surface area contributed by atoms with Crippen LogP contribution in [-0.4, -0.2) is 32.8 Å². The monoisotopic (exact) mass is 265 g/mol. The first kappa shape index (κ1) is 14.0. The van der Waals surface area contributed by atoms with Crippen molar-refractivity contribution in [1.82, 2.24) is 20.1 Å². The number of rotatable bonds is 5. The minimum absolute atomic E-state index is 0.0420. The number of nitrogens with one attached hydrogen (secondary N) is 1. The van der Waals surface area contributed by atoms with Crippen molar-refractivity contribution in [3.8, 4) is 0 Å². The van der Waals surface area contributed by atoms with Crippen molar-refractivity contribution in [2.45, 2.75) is 50.5 Å². The highest BCUT2D eigenvalue weighted by Gasteiger charge is 2.29. The van der Waals surface area contributed by atoms with Crippen molar-refractivity contribution in [1.29, 1.82) is 0 Å². The van der Waals surface area contributed by atoms with Crippen molar-refractivity contribution < 1.29 is 4.79 Å². The van der Waals surface area contributed by atoms with Crippen molar-refractivity contribution >= 4 is 5.91 Å². The molecule has 0 saturated heterocycles. The van der Waals surface area contributed by atoms with E-state index in [0.717, 1.165) is 31.5 Å². The summed E-state index contributed by atoms with van der Waals surface area (Å²) in [6.45, 7) is 0.568. The third kappa shape index (κ3) is 4.31. The Kier molecular flexibility index (Phi) is 4.52. The van der Waals surface area contributed by atoms with Gasteiger partial charge >= 0.3 is 0 Å². The van der Waals surface area contributed by atoms with Crippen LogP contribution in [0.4, 0.5) is 0 Å². The van der Waals surface area contributed by atoms with Crippen LogP contribution in [0.25, 0.3) is 0 Å². The quantitative estimate of drug-likeness (QED) is 0.813. The average molecular weight is 265 g/mol. The number of carbonyl (C=O) groups excluding carboxylic acids is 1. The third-order valence-electron chi connectivity index (χ3n) is 3.68.